The van der Waals surface area contributed by atoms with E-state index in [1.807, 2.05) is 0 Å². The van der Waals surface area contributed by atoms with E-state index in [-0.39, 0.29) is 18.0 Å². The topological polar surface area (TPSA) is 69.2 Å². The normalized spacial score (nSPS) is 16.7. The molecule has 1 N–H and O–H groups in total. The van der Waals surface area contributed by atoms with Gasteiger partial charge in [-0.25, -0.2) is 26.0 Å². The number of halogens is 8. The van der Waals surface area contributed by atoms with Gasteiger partial charge in [-0.2, -0.15) is 17.6 Å². The van der Waals surface area contributed by atoms with Crippen molar-refractivity contribution in [2.45, 2.75) is 49.0 Å². The average molecular weight is 385 g/mol. The molecular formula is C8H11F8NO3S2. The maximum Gasteiger partial charge on any atom is 0.432 e. The fourth-order valence-corrected chi connectivity index (χ4v) is 3.71. The van der Waals surface area contributed by atoms with Crippen LogP contribution in [-0.4, -0.2) is 35.3 Å². The molecule has 0 spiro atoms. The molecule has 1 atom stereocenters. The van der Waals surface area contributed by atoms with Gasteiger partial charge in [-0.1, -0.05) is 0 Å². The van der Waals surface area contributed by atoms with Crippen LogP contribution in [0.15, 0.2) is 0 Å². The van der Waals surface area contributed by atoms with Crippen LogP contribution in [0.5, 0.6) is 0 Å². The number of hydrogen-bond acceptors (Lipinski definition) is 3. The predicted molar refractivity (Wildman–Crippen MR) is 60.6 cm³/mol. The molecule has 0 bridgehead atoms. The van der Waals surface area contributed by atoms with Gasteiger partial charge in [-0.3, -0.25) is 0 Å². The van der Waals surface area contributed by atoms with Crippen molar-refractivity contribution in [1.29, 1.82) is 0 Å². The van der Waals surface area contributed by atoms with Gasteiger partial charge >= 0.3 is 20.5 Å². The number of sulfonamides is 1. The first-order valence-electron chi connectivity index (χ1n) is 5.24. The highest BCUT2D eigenvalue weighted by atomic mass is 32.3. The highest BCUT2D eigenvalue weighted by molar-refractivity contribution is 8.05. The molecule has 22 heavy (non-hydrogen) atoms. The number of hydrogen-bond donors (Lipinski definition) is 1. The zero-order chi connectivity index (χ0) is 18.2. The van der Waals surface area contributed by atoms with Crippen LogP contribution in [0.3, 0.4) is 0 Å². The molecule has 0 saturated carbocycles. The van der Waals surface area contributed by atoms with Gasteiger partial charge < -0.3 is 4.55 Å². The van der Waals surface area contributed by atoms with E-state index >= 15 is 0 Å². The highest BCUT2D eigenvalue weighted by Gasteiger charge is 2.58. The monoisotopic (exact) mass is 385 g/mol. The third kappa shape index (κ3) is 6.83. The number of alkyl halides is 8. The van der Waals surface area contributed by atoms with Crippen LogP contribution in [0.2, 0.25) is 0 Å². The molecule has 0 aliphatic carbocycles. The predicted octanol–water partition coefficient (Wildman–Crippen LogP) is 2.85. The van der Waals surface area contributed by atoms with Crippen molar-refractivity contribution < 1.29 is 48.1 Å². The standard InChI is InChI=1S/C8H11F8NO3S2/c1-5(9,10)3-7(13,14)21(18)17-22(19,20)8(15,16)4-6(2,11)12/h17H,3-4H2,1-2H3. The molecule has 0 aromatic heterocycles. The van der Waals surface area contributed by atoms with Gasteiger partial charge in [-0.15, -0.1) is 0 Å². The Labute approximate surface area is 123 Å². The average Bonchev–Trinajstić information content (AvgIpc) is 2.07. The molecule has 0 amide bonds. The summed E-state index contributed by atoms with van der Waals surface area (Å²) >= 11 is -4.20. The minimum atomic E-state index is -6.22. The summed E-state index contributed by atoms with van der Waals surface area (Å²) in [5, 5.41) is -10.1. The summed E-state index contributed by atoms with van der Waals surface area (Å²) in [6, 6.07) is 0. The van der Waals surface area contributed by atoms with Crippen molar-refractivity contribution in [1.82, 2.24) is 4.13 Å². The SMILES string of the molecule is CC(F)(F)CC(F)(F)[S+]([O-])NS(=O)(=O)C(F)(F)CC(C)(F)F. The Morgan fingerprint density at radius 1 is 0.909 bits per heavy atom. The van der Waals surface area contributed by atoms with Crippen molar-refractivity contribution in [3.8, 4) is 0 Å². The van der Waals surface area contributed by atoms with Gasteiger partial charge in [-0.05, 0) is 18.0 Å². The third-order valence-electron chi connectivity index (χ3n) is 1.88. The summed E-state index contributed by atoms with van der Waals surface area (Å²) in [4.78, 5) is 0. The lowest BCUT2D eigenvalue weighted by molar-refractivity contribution is -0.0581. The Hall–Kier alpha value is -0.340. The van der Waals surface area contributed by atoms with E-state index in [0.717, 1.165) is 0 Å². The number of rotatable bonds is 8. The fourth-order valence-electron chi connectivity index (χ4n) is 1.10. The molecular weight excluding hydrogens is 374 g/mol. The van der Waals surface area contributed by atoms with E-state index in [9.17, 15) is 48.1 Å². The largest absolute Gasteiger partial charge is 0.592 e. The summed E-state index contributed by atoms with van der Waals surface area (Å²) in [6.07, 6.45) is -4.97. The minimum absolute atomic E-state index is 0.00114. The second-order valence-corrected chi connectivity index (χ2v) is 8.03. The van der Waals surface area contributed by atoms with Gasteiger partial charge in [0.1, 0.15) is 17.8 Å². The van der Waals surface area contributed by atoms with Crippen molar-refractivity contribution in [3.05, 3.63) is 0 Å². The molecule has 0 fully saturated rings. The van der Waals surface area contributed by atoms with E-state index in [0.29, 0.717) is 0 Å². The molecule has 0 aromatic carbocycles. The van der Waals surface area contributed by atoms with Gasteiger partial charge in [0.25, 0.3) is 11.8 Å². The Balaban J connectivity index is 5.20. The summed E-state index contributed by atoms with van der Waals surface area (Å²) < 4.78 is 135. The first-order chi connectivity index (χ1) is 9.29. The molecule has 0 aliphatic heterocycles. The molecule has 1 unspecified atom stereocenters. The van der Waals surface area contributed by atoms with E-state index < -0.39 is 56.6 Å². The lowest BCUT2D eigenvalue weighted by Gasteiger charge is -2.25. The van der Waals surface area contributed by atoms with Crippen LogP contribution in [0.4, 0.5) is 35.1 Å². The van der Waals surface area contributed by atoms with Crippen LogP contribution >= 0.6 is 0 Å². The van der Waals surface area contributed by atoms with E-state index in [1.54, 1.807) is 0 Å². The molecule has 0 saturated heterocycles. The van der Waals surface area contributed by atoms with Crippen LogP contribution in [-0.2, 0) is 21.4 Å². The molecule has 0 radical (unpaired) electrons. The quantitative estimate of drug-likeness (QED) is 0.516. The summed E-state index contributed by atoms with van der Waals surface area (Å²) in [5.74, 6) is -8.26. The Bertz CT molecular complexity index is 485. The molecule has 0 heterocycles. The first kappa shape index (κ1) is 21.7. The van der Waals surface area contributed by atoms with Crippen molar-refractivity contribution >= 4 is 21.4 Å². The zero-order valence-electron chi connectivity index (χ0n) is 11.0. The van der Waals surface area contributed by atoms with E-state index in [4.69, 9.17) is 0 Å². The highest BCUT2D eigenvalue weighted by Crippen LogP contribution is 2.37. The van der Waals surface area contributed by atoms with Gasteiger partial charge in [0.2, 0.25) is 0 Å². The molecule has 0 aliphatic rings. The molecule has 0 rings (SSSR count). The summed E-state index contributed by atoms with van der Waals surface area (Å²) in [5.41, 5.74) is 0. The molecule has 0 aromatic rings. The smallest absolute Gasteiger partial charge is 0.432 e. The van der Waals surface area contributed by atoms with Crippen molar-refractivity contribution in [3.63, 3.8) is 0 Å². The molecule has 134 valence electrons. The van der Waals surface area contributed by atoms with E-state index in [1.165, 1.54) is 0 Å². The lowest BCUT2D eigenvalue weighted by atomic mass is 10.3. The van der Waals surface area contributed by atoms with Crippen LogP contribution in [0.25, 0.3) is 0 Å². The van der Waals surface area contributed by atoms with Crippen LogP contribution < -0.4 is 4.13 Å². The second-order valence-electron chi connectivity index (χ2n) is 4.62. The third-order valence-corrected chi connectivity index (χ3v) is 4.98. The van der Waals surface area contributed by atoms with Crippen LogP contribution in [0, 0.1) is 0 Å². The Kier molecular flexibility index (Phi) is 6.18. The van der Waals surface area contributed by atoms with Gasteiger partial charge in [0.05, 0.1) is 6.42 Å². The first-order valence-corrected chi connectivity index (χ1v) is 7.88. The number of nitrogens with one attached hydrogen (secondary N) is 1. The fraction of sp³-hybridized carbons (Fsp3) is 1.00. The van der Waals surface area contributed by atoms with E-state index in [2.05, 4.69) is 0 Å². The summed E-state index contributed by atoms with van der Waals surface area (Å²) in [7, 11) is -6.22. The zero-order valence-corrected chi connectivity index (χ0v) is 12.6. The summed E-state index contributed by atoms with van der Waals surface area (Å²) in [6.45, 7) is -0.0571. The van der Waals surface area contributed by atoms with Crippen LogP contribution in [0.1, 0.15) is 26.7 Å². The van der Waals surface area contributed by atoms with Crippen molar-refractivity contribution in [2.24, 2.45) is 0 Å². The molecule has 14 heteroatoms. The maximum absolute atomic E-state index is 13.1. The van der Waals surface area contributed by atoms with Crippen molar-refractivity contribution in [2.75, 3.05) is 0 Å². The van der Waals surface area contributed by atoms with Gasteiger partial charge in [0.15, 0.2) is 0 Å². The lowest BCUT2D eigenvalue weighted by Crippen LogP contribution is -2.50. The second kappa shape index (κ2) is 6.28. The van der Waals surface area contributed by atoms with Gasteiger partial charge in [0, 0.05) is 0 Å². The molecule has 4 nitrogen and oxygen atoms in total. The Morgan fingerprint density at radius 2 is 1.27 bits per heavy atom. The minimum Gasteiger partial charge on any atom is -0.592 e. The Morgan fingerprint density at radius 3 is 1.59 bits per heavy atom. The maximum atomic E-state index is 13.1.